The zero-order valence-corrected chi connectivity index (χ0v) is 12.5. The van der Waals surface area contributed by atoms with E-state index in [1.807, 2.05) is 12.1 Å². The van der Waals surface area contributed by atoms with Gasteiger partial charge >= 0.3 is 5.97 Å². The van der Waals surface area contributed by atoms with Crippen molar-refractivity contribution in [3.63, 3.8) is 0 Å². The number of rotatable bonds is 4. The Morgan fingerprint density at radius 2 is 2.23 bits per heavy atom. The molecular weight excluding hydrogens is 284 g/mol. The number of aromatic carboxylic acids is 1. The third kappa shape index (κ3) is 2.20. The summed E-state index contributed by atoms with van der Waals surface area (Å²) in [4.78, 5) is 25.7. The van der Waals surface area contributed by atoms with Crippen molar-refractivity contribution in [2.75, 3.05) is 13.7 Å². The highest BCUT2D eigenvalue weighted by molar-refractivity contribution is 6.00. The molecule has 1 aromatic carbocycles. The van der Waals surface area contributed by atoms with E-state index in [0.29, 0.717) is 6.54 Å². The maximum atomic E-state index is 11.6. The van der Waals surface area contributed by atoms with E-state index in [0.717, 1.165) is 40.6 Å². The number of carbonyl (C=O) groups is 2. The number of hydrogen-bond acceptors (Lipinski definition) is 3. The van der Waals surface area contributed by atoms with E-state index in [4.69, 9.17) is 4.74 Å². The fourth-order valence-corrected chi connectivity index (χ4v) is 3.32. The molecule has 0 bridgehead atoms. The Morgan fingerprint density at radius 3 is 2.86 bits per heavy atom. The van der Waals surface area contributed by atoms with E-state index in [2.05, 4.69) is 10.3 Å². The highest BCUT2D eigenvalue weighted by Gasteiger charge is 2.30. The number of ether oxygens (including phenoxy) is 1. The Balaban J connectivity index is 2.19. The van der Waals surface area contributed by atoms with E-state index in [-0.39, 0.29) is 17.5 Å². The van der Waals surface area contributed by atoms with Gasteiger partial charge in [-0.05, 0) is 30.5 Å². The first-order valence-corrected chi connectivity index (χ1v) is 7.22. The summed E-state index contributed by atoms with van der Waals surface area (Å²) in [6.07, 6.45) is 1.58. The summed E-state index contributed by atoms with van der Waals surface area (Å²) in [5.74, 6) is -0.322. The maximum absolute atomic E-state index is 11.6. The number of carboxylic acid groups (broad SMARTS) is 1. The van der Waals surface area contributed by atoms with Crippen LogP contribution >= 0.6 is 0 Å². The highest BCUT2D eigenvalue weighted by atomic mass is 16.5. The molecule has 1 atom stereocenters. The van der Waals surface area contributed by atoms with Crippen LogP contribution in [0.1, 0.15) is 40.9 Å². The molecule has 0 radical (unpaired) electrons. The van der Waals surface area contributed by atoms with Crippen LogP contribution in [0.2, 0.25) is 0 Å². The van der Waals surface area contributed by atoms with Crippen molar-refractivity contribution >= 4 is 22.8 Å². The largest absolute Gasteiger partial charge is 0.496 e. The summed E-state index contributed by atoms with van der Waals surface area (Å²) in [7, 11) is 1.62. The van der Waals surface area contributed by atoms with Crippen LogP contribution in [0.25, 0.3) is 10.9 Å². The van der Waals surface area contributed by atoms with E-state index in [1.165, 1.54) is 6.92 Å². The number of aromatic amines is 1. The molecule has 1 heterocycles. The lowest BCUT2D eigenvalue weighted by Gasteiger charge is -2.24. The quantitative estimate of drug-likeness (QED) is 0.806. The SMILES string of the molecule is COc1ccc2[nH]c(C(=O)O)c3c2c1CCC3CNC(C)=O. The molecule has 2 aromatic rings. The summed E-state index contributed by atoms with van der Waals surface area (Å²) in [5.41, 5.74) is 2.82. The van der Waals surface area contributed by atoms with Crippen molar-refractivity contribution in [3.8, 4) is 5.75 Å². The lowest BCUT2D eigenvalue weighted by Crippen LogP contribution is -2.28. The minimum Gasteiger partial charge on any atom is -0.496 e. The van der Waals surface area contributed by atoms with Gasteiger partial charge in [0.25, 0.3) is 0 Å². The number of H-pyrrole nitrogens is 1. The second-order valence-electron chi connectivity index (χ2n) is 5.56. The summed E-state index contributed by atoms with van der Waals surface area (Å²) in [6.45, 7) is 1.91. The fraction of sp³-hybridized carbons (Fsp3) is 0.375. The molecule has 1 unspecified atom stereocenters. The van der Waals surface area contributed by atoms with Crippen molar-refractivity contribution in [1.82, 2.24) is 10.3 Å². The zero-order chi connectivity index (χ0) is 15.9. The van der Waals surface area contributed by atoms with Crippen LogP contribution in [0.4, 0.5) is 0 Å². The number of aromatic nitrogens is 1. The molecule has 6 nitrogen and oxygen atoms in total. The predicted molar refractivity (Wildman–Crippen MR) is 81.6 cm³/mol. The normalized spacial score (nSPS) is 16.5. The molecule has 0 spiro atoms. The second kappa shape index (κ2) is 5.36. The Morgan fingerprint density at radius 1 is 1.45 bits per heavy atom. The third-order valence-corrected chi connectivity index (χ3v) is 4.25. The van der Waals surface area contributed by atoms with E-state index >= 15 is 0 Å². The van der Waals surface area contributed by atoms with Gasteiger partial charge in [0.1, 0.15) is 11.4 Å². The summed E-state index contributed by atoms with van der Waals surface area (Å²) in [5, 5.41) is 13.2. The van der Waals surface area contributed by atoms with Crippen LogP contribution in [-0.2, 0) is 11.2 Å². The number of hydrogen-bond donors (Lipinski definition) is 3. The van der Waals surface area contributed by atoms with Crippen molar-refractivity contribution in [2.45, 2.75) is 25.7 Å². The summed E-state index contributed by atoms with van der Waals surface area (Å²) in [6, 6.07) is 3.70. The topological polar surface area (TPSA) is 91.4 Å². The standard InChI is InChI=1S/C16H18N2O4/c1-8(19)17-7-9-3-4-10-12(22-2)6-5-11-14(10)13(9)15(18-11)16(20)21/h5-6,9,18H,3-4,7H2,1-2H3,(H,17,19)(H,20,21). The minimum atomic E-state index is -0.981. The molecule has 3 rings (SSSR count). The average molecular weight is 302 g/mol. The first-order chi connectivity index (χ1) is 10.5. The van der Waals surface area contributed by atoms with Crippen LogP contribution < -0.4 is 10.1 Å². The first kappa shape index (κ1) is 14.4. The molecule has 0 saturated carbocycles. The van der Waals surface area contributed by atoms with Gasteiger partial charge in [-0.15, -0.1) is 0 Å². The molecular formula is C16H18N2O4. The molecule has 3 N–H and O–H groups in total. The number of aryl methyl sites for hydroxylation is 1. The smallest absolute Gasteiger partial charge is 0.352 e. The molecule has 0 fully saturated rings. The van der Waals surface area contributed by atoms with Gasteiger partial charge < -0.3 is 20.1 Å². The number of carboxylic acids is 1. The molecule has 0 saturated heterocycles. The van der Waals surface area contributed by atoms with Gasteiger partial charge in [-0.25, -0.2) is 4.79 Å². The van der Waals surface area contributed by atoms with Crippen LogP contribution in [0.5, 0.6) is 5.75 Å². The summed E-state index contributed by atoms with van der Waals surface area (Å²) >= 11 is 0. The number of amides is 1. The fourth-order valence-electron chi connectivity index (χ4n) is 3.32. The van der Waals surface area contributed by atoms with Crippen LogP contribution in [-0.4, -0.2) is 35.6 Å². The molecule has 1 aliphatic rings. The van der Waals surface area contributed by atoms with Gasteiger partial charge in [-0.2, -0.15) is 0 Å². The first-order valence-electron chi connectivity index (χ1n) is 7.22. The number of benzene rings is 1. The third-order valence-electron chi connectivity index (χ3n) is 4.25. The second-order valence-corrected chi connectivity index (χ2v) is 5.56. The average Bonchev–Trinajstić information content (AvgIpc) is 2.88. The highest BCUT2D eigenvalue weighted by Crippen LogP contribution is 2.42. The molecule has 116 valence electrons. The van der Waals surface area contributed by atoms with E-state index in [9.17, 15) is 14.7 Å². The summed E-state index contributed by atoms with van der Waals surface area (Å²) < 4.78 is 5.41. The van der Waals surface area contributed by atoms with Crippen LogP contribution in [0.15, 0.2) is 12.1 Å². The monoisotopic (exact) mass is 302 g/mol. The van der Waals surface area contributed by atoms with Gasteiger partial charge in [0.2, 0.25) is 5.91 Å². The minimum absolute atomic E-state index is 0.0108. The maximum Gasteiger partial charge on any atom is 0.352 e. The molecule has 22 heavy (non-hydrogen) atoms. The van der Waals surface area contributed by atoms with Crippen molar-refractivity contribution in [3.05, 3.63) is 29.0 Å². The Bertz CT molecular complexity index is 763. The van der Waals surface area contributed by atoms with Crippen molar-refractivity contribution in [1.29, 1.82) is 0 Å². The number of carbonyl (C=O) groups excluding carboxylic acids is 1. The predicted octanol–water partition coefficient (Wildman–Crippen LogP) is 2.04. The van der Waals surface area contributed by atoms with Crippen LogP contribution in [0.3, 0.4) is 0 Å². The Hall–Kier alpha value is -2.50. The van der Waals surface area contributed by atoms with Gasteiger partial charge in [-0.3, -0.25) is 4.79 Å². The molecule has 1 aromatic heterocycles. The Kier molecular flexibility index (Phi) is 3.52. The molecule has 1 amide bonds. The van der Waals surface area contributed by atoms with Gasteiger partial charge in [0.05, 0.1) is 7.11 Å². The van der Waals surface area contributed by atoms with Gasteiger partial charge in [0.15, 0.2) is 0 Å². The van der Waals surface area contributed by atoms with Crippen LogP contribution in [0, 0.1) is 0 Å². The van der Waals surface area contributed by atoms with Gasteiger partial charge in [0, 0.05) is 35.9 Å². The number of methoxy groups -OCH3 is 1. The lowest BCUT2D eigenvalue weighted by molar-refractivity contribution is -0.119. The van der Waals surface area contributed by atoms with Crippen molar-refractivity contribution in [2.24, 2.45) is 0 Å². The van der Waals surface area contributed by atoms with Gasteiger partial charge in [-0.1, -0.05) is 0 Å². The number of nitrogens with one attached hydrogen (secondary N) is 2. The molecule has 0 aliphatic heterocycles. The zero-order valence-electron chi connectivity index (χ0n) is 12.5. The van der Waals surface area contributed by atoms with Crippen molar-refractivity contribution < 1.29 is 19.4 Å². The van der Waals surface area contributed by atoms with E-state index in [1.54, 1.807) is 7.11 Å². The molecule has 6 heteroatoms. The lowest BCUT2D eigenvalue weighted by atomic mass is 9.82. The molecule has 1 aliphatic carbocycles. The van der Waals surface area contributed by atoms with E-state index < -0.39 is 5.97 Å². The Labute approximate surface area is 127 Å².